The Bertz CT molecular complexity index is 546. The summed E-state index contributed by atoms with van der Waals surface area (Å²) in [6.07, 6.45) is 3.43. The lowest BCUT2D eigenvalue weighted by atomic mass is 9.97. The Morgan fingerprint density at radius 2 is 2.29 bits per heavy atom. The molecule has 1 saturated heterocycles. The van der Waals surface area contributed by atoms with Gasteiger partial charge in [0.1, 0.15) is 5.69 Å². The number of aryl methyl sites for hydroxylation is 1. The van der Waals surface area contributed by atoms with Gasteiger partial charge in [-0.25, -0.2) is 4.79 Å². The van der Waals surface area contributed by atoms with Crippen molar-refractivity contribution in [2.24, 2.45) is 0 Å². The van der Waals surface area contributed by atoms with Gasteiger partial charge < -0.3 is 14.7 Å². The largest absolute Gasteiger partial charge is 0.479 e. The summed E-state index contributed by atoms with van der Waals surface area (Å²) < 4.78 is 5.06. The van der Waals surface area contributed by atoms with Gasteiger partial charge in [0, 0.05) is 19.9 Å². The summed E-state index contributed by atoms with van der Waals surface area (Å²) in [4.78, 5) is 29.8. The molecular formula is C15H20N2O4. The molecule has 21 heavy (non-hydrogen) atoms. The van der Waals surface area contributed by atoms with Crippen LogP contribution in [0.15, 0.2) is 18.3 Å². The van der Waals surface area contributed by atoms with Crippen molar-refractivity contribution < 1.29 is 19.4 Å². The predicted octanol–water partition coefficient (Wildman–Crippen LogP) is 1.35. The molecular weight excluding hydrogens is 272 g/mol. The van der Waals surface area contributed by atoms with Crippen LogP contribution >= 0.6 is 0 Å². The number of aliphatic carboxylic acids is 1. The number of pyridine rings is 1. The molecule has 6 heteroatoms. The third-order valence-corrected chi connectivity index (χ3v) is 3.97. The topological polar surface area (TPSA) is 79.7 Å². The minimum absolute atomic E-state index is 0.0124. The number of aromatic nitrogens is 1. The second-order valence-corrected chi connectivity index (χ2v) is 5.23. The number of ether oxygens (including phenoxy) is 1. The van der Waals surface area contributed by atoms with E-state index in [1.54, 1.807) is 12.3 Å². The first-order valence-corrected chi connectivity index (χ1v) is 7.04. The lowest BCUT2D eigenvalue weighted by Crippen LogP contribution is -2.56. The zero-order valence-electron chi connectivity index (χ0n) is 12.3. The maximum absolute atomic E-state index is 12.7. The second-order valence-electron chi connectivity index (χ2n) is 5.23. The SMILES string of the molecule is CCc1ccnc(C(=O)N2CCCC2(COC)C(=O)O)c1. The van der Waals surface area contributed by atoms with Gasteiger partial charge in [0.2, 0.25) is 0 Å². The normalized spacial score (nSPS) is 21.5. The lowest BCUT2D eigenvalue weighted by molar-refractivity contribution is -0.151. The van der Waals surface area contributed by atoms with Crippen LogP contribution in [0, 0.1) is 0 Å². The van der Waals surface area contributed by atoms with Crippen LogP contribution in [-0.4, -0.2) is 52.7 Å². The van der Waals surface area contributed by atoms with E-state index in [0.29, 0.717) is 19.4 Å². The monoisotopic (exact) mass is 292 g/mol. The van der Waals surface area contributed by atoms with E-state index in [2.05, 4.69) is 4.98 Å². The zero-order chi connectivity index (χ0) is 15.5. The quantitative estimate of drug-likeness (QED) is 0.886. The molecule has 0 aromatic carbocycles. The van der Waals surface area contributed by atoms with Gasteiger partial charge in [-0.2, -0.15) is 0 Å². The average Bonchev–Trinajstić information content (AvgIpc) is 2.92. The Morgan fingerprint density at radius 1 is 1.52 bits per heavy atom. The summed E-state index contributed by atoms with van der Waals surface area (Å²) >= 11 is 0. The van der Waals surface area contributed by atoms with Gasteiger partial charge in [0.15, 0.2) is 5.54 Å². The molecule has 0 bridgehead atoms. The maximum atomic E-state index is 12.7. The molecule has 1 fully saturated rings. The highest BCUT2D eigenvalue weighted by atomic mass is 16.5. The number of methoxy groups -OCH3 is 1. The third kappa shape index (κ3) is 2.76. The Balaban J connectivity index is 2.34. The number of amides is 1. The van der Waals surface area contributed by atoms with Crippen LogP contribution in [-0.2, 0) is 16.0 Å². The molecule has 2 heterocycles. The number of likely N-dealkylation sites (tertiary alicyclic amines) is 1. The van der Waals surface area contributed by atoms with Crippen LogP contribution in [0.5, 0.6) is 0 Å². The number of rotatable bonds is 5. The molecule has 1 atom stereocenters. The molecule has 1 N–H and O–H groups in total. The highest BCUT2D eigenvalue weighted by molar-refractivity contribution is 5.97. The third-order valence-electron chi connectivity index (χ3n) is 3.97. The molecule has 0 radical (unpaired) electrons. The minimum atomic E-state index is -1.28. The van der Waals surface area contributed by atoms with Crippen molar-refractivity contribution in [1.82, 2.24) is 9.88 Å². The smallest absolute Gasteiger partial charge is 0.332 e. The van der Waals surface area contributed by atoms with Crippen molar-refractivity contribution in [3.8, 4) is 0 Å². The van der Waals surface area contributed by atoms with Crippen LogP contribution in [0.4, 0.5) is 0 Å². The first-order chi connectivity index (χ1) is 10.0. The number of nitrogens with zero attached hydrogens (tertiary/aromatic N) is 2. The highest BCUT2D eigenvalue weighted by Gasteiger charge is 2.50. The van der Waals surface area contributed by atoms with Gasteiger partial charge in [0.05, 0.1) is 6.61 Å². The number of hydrogen-bond acceptors (Lipinski definition) is 4. The number of carboxylic acids is 1. The molecule has 1 aromatic rings. The molecule has 1 aromatic heterocycles. The summed E-state index contributed by atoms with van der Waals surface area (Å²) in [5.41, 5.74) is 0.00798. The Morgan fingerprint density at radius 3 is 2.90 bits per heavy atom. The van der Waals surface area contributed by atoms with Crippen LogP contribution in [0.2, 0.25) is 0 Å². The summed E-state index contributed by atoms with van der Waals surface area (Å²) in [7, 11) is 1.45. The van der Waals surface area contributed by atoms with Crippen LogP contribution in [0.3, 0.4) is 0 Å². The molecule has 1 unspecified atom stereocenters. The van der Waals surface area contributed by atoms with Crippen LogP contribution < -0.4 is 0 Å². The van der Waals surface area contributed by atoms with E-state index < -0.39 is 11.5 Å². The molecule has 6 nitrogen and oxygen atoms in total. The minimum Gasteiger partial charge on any atom is -0.479 e. The molecule has 0 spiro atoms. The predicted molar refractivity (Wildman–Crippen MR) is 76.1 cm³/mol. The average molecular weight is 292 g/mol. The molecule has 0 saturated carbocycles. The van der Waals surface area contributed by atoms with Crippen molar-refractivity contribution in [1.29, 1.82) is 0 Å². The van der Waals surface area contributed by atoms with Gasteiger partial charge in [-0.15, -0.1) is 0 Å². The summed E-state index contributed by atoms with van der Waals surface area (Å²) in [5.74, 6) is -1.37. The Labute approximate surface area is 123 Å². The Kier molecular flexibility index (Phi) is 4.57. The fraction of sp³-hybridized carbons (Fsp3) is 0.533. The van der Waals surface area contributed by atoms with Gasteiger partial charge in [0.25, 0.3) is 5.91 Å². The van der Waals surface area contributed by atoms with Gasteiger partial charge >= 0.3 is 5.97 Å². The van der Waals surface area contributed by atoms with Gasteiger partial charge in [-0.3, -0.25) is 9.78 Å². The summed E-state index contributed by atoms with van der Waals surface area (Å²) in [6.45, 7) is 2.39. The number of hydrogen-bond donors (Lipinski definition) is 1. The number of carbonyl (C=O) groups is 2. The molecule has 1 aliphatic heterocycles. The van der Waals surface area contributed by atoms with Gasteiger partial charge in [-0.05, 0) is 37.0 Å². The number of carboxylic acid groups (broad SMARTS) is 1. The molecule has 0 aliphatic carbocycles. The first kappa shape index (κ1) is 15.4. The Hall–Kier alpha value is -1.95. The maximum Gasteiger partial charge on any atom is 0.332 e. The van der Waals surface area contributed by atoms with Crippen molar-refractivity contribution in [2.45, 2.75) is 31.7 Å². The molecule has 1 amide bonds. The molecule has 2 rings (SSSR count). The van der Waals surface area contributed by atoms with Gasteiger partial charge in [-0.1, -0.05) is 6.92 Å². The van der Waals surface area contributed by atoms with Crippen molar-refractivity contribution in [3.05, 3.63) is 29.6 Å². The van der Waals surface area contributed by atoms with Crippen LogP contribution in [0.25, 0.3) is 0 Å². The molecule has 114 valence electrons. The number of carbonyl (C=O) groups excluding carboxylic acids is 1. The van der Waals surface area contributed by atoms with Crippen LogP contribution in [0.1, 0.15) is 35.8 Å². The lowest BCUT2D eigenvalue weighted by Gasteiger charge is -2.33. The fourth-order valence-corrected chi connectivity index (χ4v) is 2.80. The van der Waals surface area contributed by atoms with E-state index in [1.807, 2.05) is 13.0 Å². The standard InChI is InChI=1S/C15H20N2O4/c1-3-11-5-7-16-12(9-11)13(18)17-8-4-6-15(17,10-21-2)14(19)20/h5,7,9H,3-4,6,8,10H2,1-2H3,(H,19,20). The van der Waals surface area contributed by atoms with E-state index in [0.717, 1.165) is 12.0 Å². The van der Waals surface area contributed by atoms with Crippen molar-refractivity contribution >= 4 is 11.9 Å². The van der Waals surface area contributed by atoms with E-state index in [4.69, 9.17) is 4.74 Å². The zero-order valence-corrected chi connectivity index (χ0v) is 12.3. The fourth-order valence-electron chi connectivity index (χ4n) is 2.80. The summed E-state index contributed by atoms with van der Waals surface area (Å²) in [5, 5.41) is 9.57. The van der Waals surface area contributed by atoms with E-state index in [9.17, 15) is 14.7 Å². The van der Waals surface area contributed by atoms with E-state index in [-0.39, 0.29) is 18.2 Å². The van der Waals surface area contributed by atoms with E-state index >= 15 is 0 Å². The van der Waals surface area contributed by atoms with Crippen molar-refractivity contribution in [2.75, 3.05) is 20.3 Å². The van der Waals surface area contributed by atoms with Crippen molar-refractivity contribution in [3.63, 3.8) is 0 Å². The van der Waals surface area contributed by atoms with E-state index in [1.165, 1.54) is 12.0 Å². The molecule has 1 aliphatic rings. The highest BCUT2D eigenvalue weighted by Crippen LogP contribution is 2.31. The first-order valence-electron chi connectivity index (χ1n) is 7.04. The summed E-state index contributed by atoms with van der Waals surface area (Å²) in [6, 6.07) is 3.57. The second kappa shape index (κ2) is 6.22.